The maximum atomic E-state index is 12.6. The molecule has 1 aliphatic heterocycles. The number of allylic oxidation sites excluding steroid dienone is 4. The predicted octanol–water partition coefficient (Wildman–Crippen LogP) is 6.33. The minimum Gasteiger partial charge on any atom is -0.511 e. The van der Waals surface area contributed by atoms with Gasteiger partial charge in [0, 0.05) is 76.7 Å². The topological polar surface area (TPSA) is 542 Å². The van der Waals surface area contributed by atoms with Crippen molar-refractivity contribution >= 4 is 83.2 Å². The lowest BCUT2D eigenvalue weighted by Crippen LogP contribution is -2.51. The van der Waals surface area contributed by atoms with E-state index in [0.29, 0.717) is 121 Å². The Morgan fingerprint density at radius 3 is 1.30 bits per heavy atom. The average Bonchev–Trinajstić information content (AvgIpc) is 1.68. The standard InChI is InChI=1S/C73H118N16O20/c1-6-87(3)46-53(91)42-73(43-54(92)47-88(4)38-39-89(5)48-55(93)44-73)41-52(90)45-78-49(2)40-50-26-28-51(29-27-50)79-70-85-68(76-36-18-12-8-7-10-14-24-60(94)74-34-20-16-22-56(64(100)101)80-71(108)82-58(66(104)105)30-32-62(96)97)84-69(86-70)77-37-19-13-9-11-15-25-61(95)75-35-21-17-23-57(65(102)103)81-72(109)83-59(67(106)107)31-33-63(98)99/h26-29,41-44,49,56-59,78,90-93H,6-25,30-40,45-48H2,1-5H3,(H,74,94)(H,75,95)(H,96,97)(H,98,99)(H,100,101)(H,102,103)(H,104,105)(H,106,107)(H2,80,82,108)(H2,81,83,109)(H3,76,77,79,84,85,86)/b52-41+,53-42+,54-43+,55-44+/t49?,56-,57-,58-,59-/m0/s1. The van der Waals surface area contributed by atoms with Crippen molar-refractivity contribution in [3.63, 3.8) is 0 Å². The third-order valence-corrected chi connectivity index (χ3v) is 17.6. The lowest BCUT2D eigenvalue weighted by atomic mass is 9.84. The summed E-state index contributed by atoms with van der Waals surface area (Å²) in [6, 6.07) is -0.203. The number of aliphatic hydroxyl groups is 4. The van der Waals surface area contributed by atoms with E-state index in [-0.39, 0.29) is 99.3 Å². The van der Waals surface area contributed by atoms with Crippen molar-refractivity contribution in [2.45, 2.75) is 198 Å². The first-order chi connectivity index (χ1) is 51.8. The Morgan fingerprint density at radius 2 is 0.890 bits per heavy atom. The number of carboxylic acid groups (broad SMARTS) is 6. The number of likely N-dealkylation sites (N-methyl/N-ethyl adjacent to an activating group) is 3. The first-order valence-electron chi connectivity index (χ1n) is 37.4. The number of benzene rings is 1. The van der Waals surface area contributed by atoms with Crippen LogP contribution in [0.2, 0.25) is 0 Å². The molecule has 0 fully saturated rings. The van der Waals surface area contributed by atoms with Gasteiger partial charge < -0.3 is 104 Å². The molecule has 0 aliphatic carbocycles. The Hall–Kier alpha value is -10.1. The largest absolute Gasteiger partial charge is 0.511 e. The van der Waals surface area contributed by atoms with E-state index in [4.69, 9.17) is 10.2 Å². The lowest BCUT2D eigenvalue weighted by Gasteiger charge is -2.24. The van der Waals surface area contributed by atoms with E-state index < -0.39 is 90.3 Å². The summed E-state index contributed by atoms with van der Waals surface area (Å²) in [6.45, 7) is 8.20. The van der Waals surface area contributed by atoms with E-state index in [1.807, 2.05) is 74.0 Å². The number of nitrogens with zero attached hydrogens (tertiary/aromatic N) is 6. The monoisotopic (exact) mass is 1540 g/mol. The summed E-state index contributed by atoms with van der Waals surface area (Å²) in [4.78, 5) is 138. The molecule has 1 aromatic heterocycles. The van der Waals surface area contributed by atoms with Gasteiger partial charge in [0.2, 0.25) is 29.7 Å². The number of nitrogens with one attached hydrogen (secondary N) is 10. The minimum absolute atomic E-state index is 0.000478. The number of carbonyl (C=O) groups is 10. The summed E-state index contributed by atoms with van der Waals surface area (Å²) in [5, 5.41) is 128. The van der Waals surface area contributed by atoms with E-state index in [2.05, 4.69) is 68.1 Å². The second-order valence-electron chi connectivity index (χ2n) is 27.6. The highest BCUT2D eigenvalue weighted by molar-refractivity contribution is 5.87. The van der Waals surface area contributed by atoms with Gasteiger partial charge in [-0.05, 0) is 160 Å². The van der Waals surface area contributed by atoms with Crippen LogP contribution in [-0.2, 0) is 44.8 Å². The van der Waals surface area contributed by atoms with Crippen molar-refractivity contribution in [3.8, 4) is 0 Å². The predicted molar refractivity (Wildman–Crippen MR) is 408 cm³/mol. The smallest absolute Gasteiger partial charge is 0.326 e. The summed E-state index contributed by atoms with van der Waals surface area (Å²) < 4.78 is 0. The fourth-order valence-corrected chi connectivity index (χ4v) is 11.5. The number of unbranched alkanes of at least 4 members (excludes halogenated alkanes) is 11. The first kappa shape index (κ1) is 93.1. The van der Waals surface area contributed by atoms with Crippen LogP contribution < -0.4 is 53.2 Å². The van der Waals surface area contributed by atoms with Crippen molar-refractivity contribution < 1.29 is 99.0 Å². The Labute approximate surface area is 636 Å². The van der Waals surface area contributed by atoms with Crippen molar-refractivity contribution in [2.24, 2.45) is 5.41 Å². The van der Waals surface area contributed by atoms with Crippen molar-refractivity contribution in [1.29, 1.82) is 0 Å². The van der Waals surface area contributed by atoms with E-state index in [1.165, 1.54) is 24.3 Å². The molecule has 0 saturated heterocycles. The lowest BCUT2D eigenvalue weighted by molar-refractivity contribution is -0.142. The molecule has 6 amide bonds. The van der Waals surface area contributed by atoms with Gasteiger partial charge in [-0.25, -0.2) is 28.8 Å². The number of aromatic nitrogens is 3. The van der Waals surface area contributed by atoms with Crippen molar-refractivity contribution in [2.75, 3.05) is 109 Å². The maximum absolute atomic E-state index is 12.6. The average molecular weight is 1540 g/mol. The summed E-state index contributed by atoms with van der Waals surface area (Å²) in [5.41, 5.74) is 0.307. The highest BCUT2D eigenvalue weighted by Crippen LogP contribution is 2.32. The molecule has 2 aromatic rings. The van der Waals surface area contributed by atoms with Crippen molar-refractivity contribution in [1.82, 2.24) is 66.9 Å². The third kappa shape index (κ3) is 42.9. The van der Waals surface area contributed by atoms with Crippen LogP contribution >= 0.6 is 0 Å². The number of hydrogen-bond donors (Lipinski definition) is 20. The number of carbonyl (C=O) groups excluding carboxylic acids is 4. The summed E-state index contributed by atoms with van der Waals surface area (Å²) in [7, 11) is 5.61. The van der Waals surface area contributed by atoms with Crippen LogP contribution in [0.4, 0.5) is 33.1 Å². The number of urea groups is 2. The Morgan fingerprint density at radius 1 is 0.505 bits per heavy atom. The molecular weight excluding hydrogens is 1420 g/mol. The van der Waals surface area contributed by atoms with Crippen LogP contribution in [-0.4, -0.2) is 264 Å². The highest BCUT2D eigenvalue weighted by atomic mass is 16.4. The summed E-state index contributed by atoms with van der Waals surface area (Å²) >= 11 is 0. The fourth-order valence-electron chi connectivity index (χ4n) is 11.5. The van der Waals surface area contributed by atoms with Crippen LogP contribution in [0.3, 0.4) is 0 Å². The maximum Gasteiger partial charge on any atom is 0.326 e. The SMILES string of the molecule is CCN(C)C/C(O)=C\C1(/C=C(/O)CNC(C)Cc2ccc(Nc3nc(NCCCCCCCCC(=O)NCCCC[C@H](NC(=O)N[C@@H](CCC(=O)O)C(=O)O)C(=O)O)nc(NCCCCCCCC(=O)NCCCC[C@H](NC(=O)N[C@@H](CCC(=O)O)C(=O)O)C(=O)O)n3)cc2)/C=C(/O)CN(C)CCN(C)C/C(O)=C\1. The molecule has 0 radical (unpaired) electrons. The zero-order valence-electron chi connectivity index (χ0n) is 63.5. The molecular formula is C73H118N16O20. The zero-order chi connectivity index (χ0) is 80.7. The molecule has 0 spiro atoms. The normalized spacial score (nSPS) is 16.9. The molecule has 1 unspecified atom stereocenters. The van der Waals surface area contributed by atoms with Crippen LogP contribution in [0.25, 0.3) is 0 Å². The Bertz CT molecular complexity index is 3290. The summed E-state index contributed by atoms with van der Waals surface area (Å²) in [5.74, 6) is -7.49. The third-order valence-electron chi connectivity index (χ3n) is 17.6. The van der Waals surface area contributed by atoms with Crippen LogP contribution in [0.5, 0.6) is 0 Å². The molecule has 0 saturated carbocycles. The van der Waals surface area contributed by atoms with Gasteiger partial charge in [0.05, 0.1) is 31.6 Å². The van der Waals surface area contributed by atoms with Crippen molar-refractivity contribution in [3.05, 3.63) is 77.2 Å². The molecule has 1 aliphatic rings. The molecule has 20 N–H and O–H groups in total. The number of aliphatic hydroxyl groups excluding tert-OH is 4. The second kappa shape index (κ2) is 52.1. The summed E-state index contributed by atoms with van der Waals surface area (Å²) in [6.07, 6.45) is 16.0. The van der Waals surface area contributed by atoms with E-state index in [9.17, 15) is 88.8 Å². The van der Waals surface area contributed by atoms with Gasteiger partial charge in [0.25, 0.3) is 0 Å². The first-order valence-corrected chi connectivity index (χ1v) is 37.4. The van der Waals surface area contributed by atoms with Gasteiger partial charge in [-0.3, -0.25) is 33.9 Å². The van der Waals surface area contributed by atoms with Gasteiger partial charge in [-0.1, -0.05) is 64.0 Å². The van der Waals surface area contributed by atoms with Gasteiger partial charge >= 0.3 is 47.9 Å². The molecule has 36 heteroatoms. The highest BCUT2D eigenvalue weighted by Gasteiger charge is 2.29. The zero-order valence-corrected chi connectivity index (χ0v) is 63.5. The van der Waals surface area contributed by atoms with Gasteiger partial charge in [-0.2, -0.15) is 15.0 Å². The molecule has 0 bridgehead atoms. The van der Waals surface area contributed by atoms with Crippen LogP contribution in [0.15, 0.2) is 71.6 Å². The Balaban J connectivity index is 1.57. The van der Waals surface area contributed by atoms with E-state index >= 15 is 0 Å². The number of carboxylic acids is 6. The number of anilines is 4. The molecule has 2 heterocycles. The molecule has 610 valence electrons. The minimum atomic E-state index is -1.52. The van der Waals surface area contributed by atoms with E-state index in [0.717, 1.165) is 63.4 Å². The molecule has 109 heavy (non-hydrogen) atoms. The van der Waals surface area contributed by atoms with Crippen LogP contribution in [0.1, 0.15) is 167 Å². The molecule has 1 aromatic carbocycles. The van der Waals surface area contributed by atoms with Gasteiger partial charge in [-0.15, -0.1) is 0 Å². The van der Waals surface area contributed by atoms with Crippen LogP contribution in [0, 0.1) is 5.41 Å². The molecule has 3 rings (SSSR count). The Kier molecular flexibility index (Phi) is 44.5. The van der Waals surface area contributed by atoms with E-state index in [1.54, 1.807) is 0 Å². The fraction of sp³-hybridized carbons (Fsp3) is 0.630. The van der Waals surface area contributed by atoms with Gasteiger partial charge in [0.15, 0.2) is 0 Å². The number of hydrogen-bond acceptors (Lipinski definition) is 24. The molecule has 36 nitrogen and oxygen atoms in total. The second-order valence-corrected chi connectivity index (χ2v) is 27.6. The molecule has 5 atom stereocenters. The number of amides is 6. The number of rotatable bonds is 55. The quantitative estimate of drug-likeness (QED) is 0.0254. The van der Waals surface area contributed by atoms with Gasteiger partial charge in [0.1, 0.15) is 47.2 Å². The number of aliphatic carboxylic acids is 6.